The van der Waals surface area contributed by atoms with Crippen LogP contribution in [0.15, 0.2) is 47.6 Å². The van der Waals surface area contributed by atoms with E-state index in [4.69, 9.17) is 18.9 Å². The van der Waals surface area contributed by atoms with E-state index in [1.165, 1.54) is 0 Å². The normalized spacial score (nSPS) is 12.0. The van der Waals surface area contributed by atoms with Gasteiger partial charge in [0.15, 0.2) is 11.5 Å². The summed E-state index contributed by atoms with van der Waals surface area (Å²) in [5.74, 6) is 0.269. The number of esters is 2. The minimum Gasteiger partial charge on any atom is -0.493 e. The first-order valence-corrected chi connectivity index (χ1v) is 8.47. The van der Waals surface area contributed by atoms with Crippen molar-refractivity contribution in [2.24, 2.45) is 0 Å². The van der Waals surface area contributed by atoms with Crippen molar-refractivity contribution in [1.82, 2.24) is 0 Å². The Kier molecular flexibility index (Phi) is 9.43. The quantitative estimate of drug-likeness (QED) is 0.485. The van der Waals surface area contributed by atoms with Crippen LogP contribution in [0.5, 0.6) is 11.5 Å². The maximum Gasteiger partial charge on any atom is 0.337 e. The van der Waals surface area contributed by atoms with Crippen molar-refractivity contribution >= 4 is 18.0 Å². The molecule has 0 bridgehead atoms. The van der Waals surface area contributed by atoms with Crippen LogP contribution in [-0.4, -0.2) is 39.4 Å². The second-order valence-corrected chi connectivity index (χ2v) is 5.48. The van der Waals surface area contributed by atoms with Crippen LogP contribution in [0.1, 0.15) is 26.3 Å². The summed E-state index contributed by atoms with van der Waals surface area (Å²) >= 11 is 0. The molecule has 0 radical (unpaired) electrons. The summed E-state index contributed by atoms with van der Waals surface area (Å²) in [6.45, 7) is 5.04. The lowest BCUT2D eigenvalue weighted by atomic mass is 10.2. The van der Waals surface area contributed by atoms with Crippen LogP contribution >= 0.6 is 0 Å². The molecule has 6 nitrogen and oxygen atoms in total. The standard InChI is InChI=1S/C21H26O6/c1-6-15(3)20(22)27-14-17(7-2)21(23)26-12-8-9-16-10-11-18(24-4)19(13-16)25-5/h6-11,13H,12,14H2,1-5H3/b9-8+,15-6+,17-7+. The summed E-state index contributed by atoms with van der Waals surface area (Å²) < 4.78 is 20.7. The maximum atomic E-state index is 12.1. The predicted molar refractivity (Wildman–Crippen MR) is 104 cm³/mol. The second-order valence-electron chi connectivity index (χ2n) is 5.48. The topological polar surface area (TPSA) is 71.1 Å². The average molecular weight is 374 g/mol. The lowest BCUT2D eigenvalue weighted by molar-refractivity contribution is -0.141. The molecule has 27 heavy (non-hydrogen) atoms. The molecule has 1 aromatic rings. The largest absolute Gasteiger partial charge is 0.493 e. The number of benzene rings is 1. The minimum atomic E-state index is -0.527. The van der Waals surface area contributed by atoms with E-state index in [1.807, 2.05) is 12.1 Å². The fourth-order valence-corrected chi connectivity index (χ4v) is 1.99. The highest BCUT2D eigenvalue weighted by atomic mass is 16.5. The number of rotatable bonds is 9. The average Bonchev–Trinajstić information content (AvgIpc) is 2.70. The Morgan fingerprint density at radius 1 is 0.963 bits per heavy atom. The van der Waals surface area contributed by atoms with Gasteiger partial charge >= 0.3 is 11.9 Å². The van der Waals surface area contributed by atoms with Crippen molar-refractivity contribution in [2.75, 3.05) is 27.4 Å². The zero-order valence-electron chi connectivity index (χ0n) is 16.4. The van der Waals surface area contributed by atoms with Gasteiger partial charge in [-0.25, -0.2) is 9.59 Å². The van der Waals surface area contributed by atoms with Gasteiger partial charge in [0, 0.05) is 5.57 Å². The highest BCUT2D eigenvalue weighted by Crippen LogP contribution is 2.27. The van der Waals surface area contributed by atoms with E-state index >= 15 is 0 Å². The monoisotopic (exact) mass is 374 g/mol. The number of carbonyl (C=O) groups excluding carboxylic acids is 2. The Balaban J connectivity index is 2.55. The van der Waals surface area contributed by atoms with E-state index in [0.29, 0.717) is 17.1 Å². The molecule has 6 heteroatoms. The van der Waals surface area contributed by atoms with Crippen molar-refractivity contribution in [2.45, 2.75) is 20.8 Å². The van der Waals surface area contributed by atoms with Gasteiger partial charge in [0.25, 0.3) is 0 Å². The molecule has 1 rings (SSSR count). The van der Waals surface area contributed by atoms with Crippen LogP contribution in [0.4, 0.5) is 0 Å². The Morgan fingerprint density at radius 3 is 2.26 bits per heavy atom. The van der Waals surface area contributed by atoms with Crippen LogP contribution in [0.25, 0.3) is 6.08 Å². The highest BCUT2D eigenvalue weighted by Gasteiger charge is 2.13. The number of hydrogen-bond donors (Lipinski definition) is 0. The van der Waals surface area contributed by atoms with E-state index in [0.717, 1.165) is 5.56 Å². The summed E-state index contributed by atoms with van der Waals surface area (Å²) in [4.78, 5) is 23.7. The summed E-state index contributed by atoms with van der Waals surface area (Å²) in [5, 5.41) is 0. The fraction of sp³-hybridized carbons (Fsp3) is 0.333. The molecule has 0 saturated heterocycles. The van der Waals surface area contributed by atoms with Crippen molar-refractivity contribution in [1.29, 1.82) is 0 Å². The number of allylic oxidation sites excluding steroid dienone is 2. The van der Waals surface area contributed by atoms with E-state index in [1.54, 1.807) is 65.4 Å². The van der Waals surface area contributed by atoms with Crippen LogP contribution < -0.4 is 9.47 Å². The van der Waals surface area contributed by atoms with E-state index in [2.05, 4.69) is 0 Å². The summed E-state index contributed by atoms with van der Waals surface area (Å²) in [6, 6.07) is 5.47. The third-order valence-electron chi connectivity index (χ3n) is 3.75. The van der Waals surface area contributed by atoms with Gasteiger partial charge in [-0.05, 0) is 44.5 Å². The molecule has 1 aromatic carbocycles. The smallest absolute Gasteiger partial charge is 0.337 e. The van der Waals surface area contributed by atoms with Gasteiger partial charge in [0.1, 0.15) is 13.2 Å². The first kappa shape index (κ1) is 22.0. The molecule has 0 fully saturated rings. The number of ether oxygens (including phenoxy) is 4. The molecule has 0 spiro atoms. The Bertz CT molecular complexity index is 743. The van der Waals surface area contributed by atoms with Crippen LogP contribution in [0.2, 0.25) is 0 Å². The van der Waals surface area contributed by atoms with Gasteiger partial charge in [-0.2, -0.15) is 0 Å². The molecular formula is C21H26O6. The molecule has 0 unspecified atom stereocenters. The molecule has 0 N–H and O–H groups in total. The Morgan fingerprint density at radius 2 is 1.67 bits per heavy atom. The van der Waals surface area contributed by atoms with Gasteiger partial charge in [0.2, 0.25) is 0 Å². The molecule has 0 saturated carbocycles. The first-order chi connectivity index (χ1) is 13.0. The summed E-state index contributed by atoms with van der Waals surface area (Å²) in [6.07, 6.45) is 6.73. The van der Waals surface area contributed by atoms with Crippen LogP contribution in [-0.2, 0) is 19.1 Å². The number of hydrogen-bond acceptors (Lipinski definition) is 6. The SMILES string of the molecule is C/C=C(\C)C(=O)OC/C(=C\C)C(=O)OC/C=C/c1ccc(OC)c(OC)c1. The van der Waals surface area contributed by atoms with Crippen LogP contribution in [0, 0.1) is 0 Å². The fourth-order valence-electron chi connectivity index (χ4n) is 1.99. The molecule has 0 aliphatic carbocycles. The van der Waals surface area contributed by atoms with Crippen molar-refractivity contribution in [3.63, 3.8) is 0 Å². The molecule has 0 aliphatic heterocycles. The van der Waals surface area contributed by atoms with Gasteiger partial charge in [-0.1, -0.05) is 24.3 Å². The third kappa shape index (κ3) is 7.01. The van der Waals surface area contributed by atoms with Crippen LogP contribution in [0.3, 0.4) is 0 Å². The summed E-state index contributed by atoms with van der Waals surface area (Å²) in [5.41, 5.74) is 1.65. The van der Waals surface area contributed by atoms with Crippen molar-refractivity contribution in [3.05, 3.63) is 53.1 Å². The van der Waals surface area contributed by atoms with Crippen molar-refractivity contribution in [3.8, 4) is 11.5 Å². The highest BCUT2D eigenvalue weighted by molar-refractivity contribution is 5.91. The van der Waals surface area contributed by atoms with Gasteiger partial charge < -0.3 is 18.9 Å². The Labute approximate surface area is 160 Å². The molecule has 0 atom stereocenters. The lowest BCUT2D eigenvalue weighted by Crippen LogP contribution is -2.16. The molecule has 0 aromatic heterocycles. The molecular weight excluding hydrogens is 348 g/mol. The summed E-state index contributed by atoms with van der Waals surface area (Å²) in [7, 11) is 3.14. The zero-order chi connectivity index (χ0) is 20.2. The van der Waals surface area contributed by atoms with Gasteiger partial charge in [-0.15, -0.1) is 0 Å². The molecule has 0 amide bonds. The van der Waals surface area contributed by atoms with Gasteiger partial charge in [-0.3, -0.25) is 0 Å². The van der Waals surface area contributed by atoms with Crippen molar-refractivity contribution < 1.29 is 28.5 Å². The third-order valence-corrected chi connectivity index (χ3v) is 3.75. The molecule has 146 valence electrons. The molecule has 0 heterocycles. The minimum absolute atomic E-state index is 0.0896. The van der Waals surface area contributed by atoms with E-state index < -0.39 is 11.9 Å². The number of carbonyl (C=O) groups is 2. The Hall–Kier alpha value is -3.02. The zero-order valence-corrected chi connectivity index (χ0v) is 16.4. The lowest BCUT2D eigenvalue weighted by Gasteiger charge is -2.08. The first-order valence-electron chi connectivity index (χ1n) is 8.47. The van der Waals surface area contributed by atoms with E-state index in [9.17, 15) is 9.59 Å². The number of methoxy groups -OCH3 is 2. The predicted octanol–water partition coefficient (Wildman–Crippen LogP) is 3.72. The van der Waals surface area contributed by atoms with Gasteiger partial charge in [0.05, 0.1) is 19.8 Å². The second kappa shape index (κ2) is 11.6. The molecule has 0 aliphatic rings. The maximum absolute atomic E-state index is 12.1. The van der Waals surface area contributed by atoms with E-state index in [-0.39, 0.29) is 18.8 Å².